The summed E-state index contributed by atoms with van der Waals surface area (Å²) in [6.07, 6.45) is 0. The first-order valence-corrected chi connectivity index (χ1v) is 9.46. The van der Waals surface area contributed by atoms with E-state index < -0.39 is 45.3 Å². The van der Waals surface area contributed by atoms with Gasteiger partial charge in [0.2, 0.25) is 10.0 Å². The van der Waals surface area contributed by atoms with Gasteiger partial charge >= 0.3 is 5.97 Å². The number of hydrogen-bond acceptors (Lipinski definition) is 5. The van der Waals surface area contributed by atoms with Gasteiger partial charge < -0.3 is 9.64 Å². The third-order valence-electron chi connectivity index (χ3n) is 3.67. The van der Waals surface area contributed by atoms with Crippen molar-refractivity contribution in [3.63, 3.8) is 0 Å². The Kier molecular flexibility index (Phi) is 6.65. The van der Waals surface area contributed by atoms with Crippen LogP contribution in [0.15, 0.2) is 59.5 Å². The highest BCUT2D eigenvalue weighted by atomic mass is 32.2. The van der Waals surface area contributed by atoms with E-state index in [2.05, 4.69) is 0 Å². The Bertz CT molecular complexity index is 918. The largest absolute Gasteiger partial charge is 0.454 e. The van der Waals surface area contributed by atoms with Crippen LogP contribution in [0.2, 0.25) is 0 Å². The maximum absolute atomic E-state index is 13.7. The van der Waals surface area contributed by atoms with Gasteiger partial charge in [0.1, 0.15) is 16.8 Å². The minimum Gasteiger partial charge on any atom is -0.454 e. The number of halogens is 1. The highest BCUT2D eigenvalue weighted by Crippen LogP contribution is 2.14. The molecule has 0 aliphatic heterocycles. The molecule has 0 bridgehead atoms. The quantitative estimate of drug-likeness (QED) is 0.722. The summed E-state index contributed by atoms with van der Waals surface area (Å²) in [4.78, 5) is 24.8. The molecule has 2 rings (SSSR count). The minimum absolute atomic E-state index is 0.487. The van der Waals surface area contributed by atoms with Crippen LogP contribution in [0.1, 0.15) is 6.92 Å². The second-order valence-corrected chi connectivity index (χ2v) is 7.35. The predicted molar refractivity (Wildman–Crippen MR) is 97.0 cm³/mol. The number of carbonyl (C=O) groups excluding carboxylic acids is 2. The fourth-order valence-electron chi connectivity index (χ4n) is 2.16. The highest BCUT2D eigenvalue weighted by molar-refractivity contribution is 7.89. The van der Waals surface area contributed by atoms with Gasteiger partial charge in [-0.3, -0.25) is 9.59 Å². The molecule has 1 atom stereocenters. The Morgan fingerprint density at radius 1 is 1.11 bits per heavy atom. The van der Waals surface area contributed by atoms with Crippen molar-refractivity contribution < 1.29 is 27.1 Å². The topological polar surface area (TPSA) is 92.8 Å². The van der Waals surface area contributed by atoms with Gasteiger partial charge in [0.15, 0.2) is 6.61 Å². The molecule has 2 aromatic carbocycles. The van der Waals surface area contributed by atoms with E-state index in [-0.39, 0.29) is 0 Å². The van der Waals surface area contributed by atoms with Crippen molar-refractivity contribution in [3.8, 4) is 0 Å². The molecule has 0 aliphatic rings. The number of sulfonamides is 1. The van der Waals surface area contributed by atoms with Crippen molar-refractivity contribution in [1.82, 2.24) is 4.72 Å². The molecule has 0 saturated heterocycles. The molecule has 0 radical (unpaired) electrons. The monoisotopic (exact) mass is 394 g/mol. The molecule has 27 heavy (non-hydrogen) atoms. The third-order valence-corrected chi connectivity index (χ3v) is 5.24. The first-order chi connectivity index (χ1) is 12.7. The van der Waals surface area contributed by atoms with Crippen LogP contribution in [0.5, 0.6) is 0 Å². The normalized spacial score (nSPS) is 12.3. The average Bonchev–Trinajstić information content (AvgIpc) is 2.65. The second-order valence-electron chi connectivity index (χ2n) is 5.67. The fraction of sp³-hybridized carbons (Fsp3) is 0.222. The van der Waals surface area contributed by atoms with Gasteiger partial charge in [-0.1, -0.05) is 30.3 Å². The Morgan fingerprint density at radius 2 is 1.70 bits per heavy atom. The minimum atomic E-state index is -4.25. The zero-order chi connectivity index (χ0) is 20.0. The summed E-state index contributed by atoms with van der Waals surface area (Å²) in [6, 6.07) is 12.2. The van der Waals surface area contributed by atoms with E-state index in [1.165, 1.54) is 31.0 Å². The highest BCUT2D eigenvalue weighted by Gasteiger charge is 2.26. The first-order valence-electron chi connectivity index (χ1n) is 7.97. The number of nitrogens with one attached hydrogen (secondary N) is 1. The van der Waals surface area contributed by atoms with Gasteiger partial charge in [0.25, 0.3) is 5.91 Å². The Morgan fingerprint density at radius 3 is 2.33 bits per heavy atom. The van der Waals surface area contributed by atoms with E-state index in [4.69, 9.17) is 4.74 Å². The lowest BCUT2D eigenvalue weighted by Gasteiger charge is -2.18. The van der Waals surface area contributed by atoms with Crippen molar-refractivity contribution in [2.24, 2.45) is 0 Å². The van der Waals surface area contributed by atoms with E-state index in [1.54, 1.807) is 30.3 Å². The van der Waals surface area contributed by atoms with Gasteiger partial charge in [-0.2, -0.15) is 4.72 Å². The Balaban J connectivity index is 1.94. The number of para-hydroxylation sites is 1. The number of esters is 1. The van der Waals surface area contributed by atoms with E-state index in [9.17, 15) is 22.4 Å². The maximum Gasteiger partial charge on any atom is 0.324 e. The number of hydrogen-bond donors (Lipinski definition) is 1. The number of rotatable bonds is 7. The fourth-order valence-corrected chi connectivity index (χ4v) is 3.43. The van der Waals surface area contributed by atoms with Crippen LogP contribution in [0.3, 0.4) is 0 Å². The molecule has 2 aromatic rings. The van der Waals surface area contributed by atoms with Gasteiger partial charge in [0.05, 0.1) is 0 Å². The van der Waals surface area contributed by atoms with Crippen LogP contribution in [-0.4, -0.2) is 40.0 Å². The molecule has 0 spiro atoms. The second kappa shape index (κ2) is 8.74. The molecule has 0 heterocycles. The summed E-state index contributed by atoms with van der Waals surface area (Å²) in [6.45, 7) is 0.683. The van der Waals surface area contributed by atoms with Gasteiger partial charge in [-0.15, -0.1) is 0 Å². The molecule has 1 amide bonds. The molecule has 0 saturated carbocycles. The molecule has 144 valence electrons. The van der Waals surface area contributed by atoms with E-state index in [1.807, 2.05) is 4.72 Å². The van der Waals surface area contributed by atoms with Crippen molar-refractivity contribution in [2.45, 2.75) is 17.9 Å². The van der Waals surface area contributed by atoms with Crippen LogP contribution in [-0.2, 0) is 24.3 Å². The van der Waals surface area contributed by atoms with E-state index >= 15 is 0 Å². The Hall–Kier alpha value is -2.78. The lowest BCUT2D eigenvalue weighted by molar-refractivity contribution is -0.149. The summed E-state index contributed by atoms with van der Waals surface area (Å²) in [5.41, 5.74) is 0.617. The molecular formula is C18H19FN2O5S. The number of benzene rings is 2. The standard InChI is InChI=1S/C18H19FN2O5S/c1-13(20-27(24,25)16-11-7-6-10-15(16)19)18(23)26-12-17(22)21(2)14-8-4-3-5-9-14/h3-11,13,20H,12H2,1-2H3/t13-/m0/s1. The van der Waals surface area contributed by atoms with Crippen molar-refractivity contribution in [2.75, 3.05) is 18.6 Å². The number of amides is 1. The van der Waals surface area contributed by atoms with Crippen LogP contribution < -0.4 is 9.62 Å². The van der Waals surface area contributed by atoms with Crippen molar-refractivity contribution in [1.29, 1.82) is 0 Å². The molecular weight excluding hydrogens is 375 g/mol. The summed E-state index contributed by atoms with van der Waals surface area (Å²) in [7, 11) is -2.73. The first kappa shape index (κ1) is 20.5. The van der Waals surface area contributed by atoms with Crippen LogP contribution in [0.4, 0.5) is 10.1 Å². The van der Waals surface area contributed by atoms with Crippen molar-refractivity contribution >= 4 is 27.6 Å². The van der Waals surface area contributed by atoms with Gasteiger partial charge in [0, 0.05) is 12.7 Å². The van der Waals surface area contributed by atoms with Crippen molar-refractivity contribution in [3.05, 3.63) is 60.4 Å². The summed E-state index contributed by atoms with van der Waals surface area (Å²) >= 11 is 0. The number of likely N-dealkylation sites (N-methyl/N-ethyl adjacent to an activating group) is 1. The molecule has 0 fully saturated rings. The van der Waals surface area contributed by atoms with Gasteiger partial charge in [-0.05, 0) is 31.2 Å². The Labute approximate surface area is 156 Å². The van der Waals surface area contributed by atoms with Gasteiger partial charge in [-0.25, -0.2) is 12.8 Å². The number of anilines is 1. The molecule has 0 aromatic heterocycles. The van der Waals surface area contributed by atoms with E-state index in [0.717, 1.165) is 12.1 Å². The number of nitrogens with zero attached hydrogens (tertiary/aromatic N) is 1. The summed E-state index contributed by atoms with van der Waals surface area (Å²) < 4.78 is 44.9. The molecule has 7 nitrogen and oxygen atoms in total. The molecule has 0 unspecified atom stereocenters. The predicted octanol–water partition coefficient (Wildman–Crippen LogP) is 1.70. The molecule has 0 aliphatic carbocycles. The smallest absolute Gasteiger partial charge is 0.324 e. The lowest BCUT2D eigenvalue weighted by Crippen LogP contribution is -2.41. The maximum atomic E-state index is 13.7. The van der Waals surface area contributed by atoms with Crippen LogP contribution in [0.25, 0.3) is 0 Å². The van der Waals surface area contributed by atoms with Crippen LogP contribution >= 0.6 is 0 Å². The number of carbonyl (C=O) groups is 2. The molecule has 9 heteroatoms. The summed E-state index contributed by atoms with van der Waals surface area (Å²) in [5.74, 6) is -2.38. The summed E-state index contributed by atoms with van der Waals surface area (Å²) in [5, 5.41) is 0. The molecule has 1 N–H and O–H groups in total. The SMILES string of the molecule is C[C@H](NS(=O)(=O)c1ccccc1F)C(=O)OCC(=O)N(C)c1ccccc1. The van der Waals surface area contributed by atoms with E-state index in [0.29, 0.717) is 5.69 Å². The van der Waals surface area contributed by atoms with Crippen LogP contribution in [0, 0.1) is 5.82 Å². The number of ether oxygens (including phenoxy) is 1. The average molecular weight is 394 g/mol. The third kappa shape index (κ3) is 5.35. The lowest BCUT2D eigenvalue weighted by atomic mass is 10.3. The zero-order valence-electron chi connectivity index (χ0n) is 14.8. The zero-order valence-corrected chi connectivity index (χ0v) is 15.6.